The molecule has 0 spiro atoms. The maximum atomic E-state index is 12.5. The molecule has 0 radical (unpaired) electrons. The van der Waals surface area contributed by atoms with E-state index in [4.69, 9.17) is 4.74 Å². The molecule has 1 aliphatic heterocycles. The number of H-pyrrole nitrogens is 1. The third-order valence-electron chi connectivity index (χ3n) is 5.74. The van der Waals surface area contributed by atoms with E-state index in [1.54, 1.807) is 7.11 Å². The number of ether oxygens (including phenoxy) is 1. The van der Waals surface area contributed by atoms with E-state index in [2.05, 4.69) is 33.4 Å². The van der Waals surface area contributed by atoms with Gasteiger partial charge in [-0.25, -0.2) is 0 Å². The quantitative estimate of drug-likeness (QED) is 0.650. The van der Waals surface area contributed by atoms with Crippen molar-refractivity contribution in [2.24, 2.45) is 0 Å². The molecule has 2 aromatic carbocycles. The minimum atomic E-state index is 0.0117. The van der Waals surface area contributed by atoms with Crippen molar-refractivity contribution in [3.63, 3.8) is 0 Å². The maximum Gasteiger partial charge on any atom is 0.251 e. The lowest BCUT2D eigenvalue weighted by molar-refractivity contribution is 0.0931. The summed E-state index contributed by atoms with van der Waals surface area (Å²) in [5.41, 5.74) is 4.03. The van der Waals surface area contributed by atoms with Gasteiger partial charge in [0, 0.05) is 30.8 Å². The lowest BCUT2D eigenvalue weighted by atomic mass is 10.0. The molecule has 1 fully saturated rings. The predicted octanol–water partition coefficient (Wildman–Crippen LogP) is 4.05. The monoisotopic (exact) mass is 404 g/mol. The number of amides is 1. The normalized spacial score (nSPS) is 14.5. The molecule has 156 valence electrons. The van der Waals surface area contributed by atoms with Gasteiger partial charge in [-0.05, 0) is 66.8 Å². The van der Waals surface area contributed by atoms with Gasteiger partial charge >= 0.3 is 0 Å². The molecule has 6 nitrogen and oxygen atoms in total. The second kappa shape index (κ2) is 9.03. The summed E-state index contributed by atoms with van der Waals surface area (Å²) in [4.78, 5) is 14.8. The Hall–Kier alpha value is -3.28. The van der Waals surface area contributed by atoms with E-state index in [1.165, 1.54) is 5.56 Å². The van der Waals surface area contributed by atoms with Crippen LogP contribution in [0.2, 0.25) is 0 Å². The number of benzene rings is 2. The molecule has 30 heavy (non-hydrogen) atoms. The molecular formula is C24H28N4O2. The molecule has 0 saturated carbocycles. The number of aryl methyl sites for hydroxylation is 1. The van der Waals surface area contributed by atoms with Crippen molar-refractivity contribution in [3.05, 3.63) is 65.7 Å². The second-order valence-electron chi connectivity index (χ2n) is 7.65. The van der Waals surface area contributed by atoms with Crippen molar-refractivity contribution in [1.82, 2.24) is 15.5 Å². The topological polar surface area (TPSA) is 70.2 Å². The highest BCUT2D eigenvalue weighted by Crippen LogP contribution is 2.25. The Bertz CT molecular complexity index is 971. The Morgan fingerprint density at radius 1 is 1.13 bits per heavy atom. The van der Waals surface area contributed by atoms with E-state index in [1.807, 2.05) is 48.5 Å². The zero-order chi connectivity index (χ0) is 20.9. The molecule has 2 N–H and O–H groups in total. The summed E-state index contributed by atoms with van der Waals surface area (Å²) in [5, 5.41) is 10.8. The standard InChI is InChI=1S/C24H28N4O2/c1-3-17-4-6-19(7-5-17)24(29)25-20-12-14-28(15-13-20)23-16-22(26-27-23)18-8-10-21(30-2)11-9-18/h4-11,16,20H,3,12-15H2,1-2H3,(H,25,29)(H,26,27). The minimum absolute atomic E-state index is 0.0117. The number of aromatic nitrogens is 2. The highest BCUT2D eigenvalue weighted by atomic mass is 16.5. The van der Waals surface area contributed by atoms with Crippen LogP contribution in [-0.4, -0.2) is 42.3 Å². The zero-order valence-electron chi connectivity index (χ0n) is 17.5. The van der Waals surface area contributed by atoms with E-state index in [0.717, 1.165) is 60.7 Å². The summed E-state index contributed by atoms with van der Waals surface area (Å²) in [6, 6.07) is 18.1. The Labute approximate surface area is 177 Å². The van der Waals surface area contributed by atoms with Crippen molar-refractivity contribution in [1.29, 1.82) is 0 Å². The van der Waals surface area contributed by atoms with Gasteiger partial charge in [-0.3, -0.25) is 9.89 Å². The van der Waals surface area contributed by atoms with Gasteiger partial charge in [-0.2, -0.15) is 5.10 Å². The van der Waals surface area contributed by atoms with Crippen molar-refractivity contribution < 1.29 is 9.53 Å². The summed E-state index contributed by atoms with van der Waals surface area (Å²) < 4.78 is 5.22. The van der Waals surface area contributed by atoms with Crippen LogP contribution in [0.5, 0.6) is 5.75 Å². The number of rotatable bonds is 6. The number of nitrogens with zero attached hydrogens (tertiary/aromatic N) is 2. The first-order valence-electron chi connectivity index (χ1n) is 10.5. The first-order valence-corrected chi connectivity index (χ1v) is 10.5. The first kappa shape index (κ1) is 20.0. The van der Waals surface area contributed by atoms with Crippen molar-refractivity contribution >= 4 is 11.7 Å². The van der Waals surface area contributed by atoms with Crippen LogP contribution in [0.4, 0.5) is 5.82 Å². The summed E-state index contributed by atoms with van der Waals surface area (Å²) in [5.74, 6) is 1.79. The van der Waals surface area contributed by atoms with Crippen LogP contribution >= 0.6 is 0 Å². The van der Waals surface area contributed by atoms with Gasteiger partial charge in [0.1, 0.15) is 5.75 Å². The number of anilines is 1. The number of piperidine rings is 1. The van der Waals surface area contributed by atoms with E-state index >= 15 is 0 Å². The number of carbonyl (C=O) groups is 1. The van der Waals surface area contributed by atoms with E-state index in [9.17, 15) is 4.79 Å². The third kappa shape index (κ3) is 4.48. The molecule has 4 rings (SSSR count). The largest absolute Gasteiger partial charge is 0.497 e. The molecule has 0 unspecified atom stereocenters. The van der Waals surface area contributed by atoms with Crippen LogP contribution in [0.15, 0.2) is 54.6 Å². The lowest BCUT2D eigenvalue weighted by Crippen LogP contribution is -2.44. The van der Waals surface area contributed by atoms with E-state index < -0.39 is 0 Å². The van der Waals surface area contributed by atoms with Crippen LogP contribution in [0.25, 0.3) is 11.3 Å². The van der Waals surface area contributed by atoms with Crippen LogP contribution in [0.1, 0.15) is 35.7 Å². The number of nitrogens with one attached hydrogen (secondary N) is 2. The fraction of sp³-hybridized carbons (Fsp3) is 0.333. The minimum Gasteiger partial charge on any atom is -0.497 e. The molecule has 1 aliphatic rings. The Balaban J connectivity index is 1.32. The molecule has 3 aromatic rings. The second-order valence-corrected chi connectivity index (χ2v) is 7.65. The van der Waals surface area contributed by atoms with Gasteiger partial charge in [-0.1, -0.05) is 19.1 Å². The SMILES string of the molecule is CCc1ccc(C(=O)NC2CCN(c3cc(-c4ccc(OC)cc4)[nH]n3)CC2)cc1. The van der Waals surface area contributed by atoms with Crippen molar-refractivity contribution in [2.45, 2.75) is 32.2 Å². The average Bonchev–Trinajstić information content (AvgIpc) is 3.30. The Morgan fingerprint density at radius 3 is 2.47 bits per heavy atom. The van der Waals surface area contributed by atoms with Crippen LogP contribution < -0.4 is 15.0 Å². The number of hydrogen-bond acceptors (Lipinski definition) is 4. The molecule has 0 bridgehead atoms. The van der Waals surface area contributed by atoms with Gasteiger partial charge in [0.15, 0.2) is 5.82 Å². The number of aromatic amines is 1. The molecule has 1 aromatic heterocycles. The first-order chi connectivity index (χ1) is 14.7. The van der Waals surface area contributed by atoms with Crippen molar-refractivity contribution in [3.8, 4) is 17.0 Å². The average molecular weight is 405 g/mol. The van der Waals surface area contributed by atoms with Crippen molar-refractivity contribution in [2.75, 3.05) is 25.1 Å². The number of carbonyl (C=O) groups excluding carboxylic acids is 1. The fourth-order valence-corrected chi connectivity index (χ4v) is 3.81. The lowest BCUT2D eigenvalue weighted by Gasteiger charge is -2.32. The summed E-state index contributed by atoms with van der Waals surface area (Å²) in [7, 11) is 1.66. The Morgan fingerprint density at radius 2 is 1.83 bits per heavy atom. The van der Waals surface area contributed by atoms with E-state index in [0.29, 0.717) is 0 Å². The third-order valence-corrected chi connectivity index (χ3v) is 5.74. The molecule has 6 heteroatoms. The van der Waals surface area contributed by atoms with Crippen LogP contribution in [0.3, 0.4) is 0 Å². The van der Waals surface area contributed by atoms with Gasteiger partial charge < -0.3 is 15.0 Å². The van der Waals surface area contributed by atoms with Gasteiger partial charge in [-0.15, -0.1) is 0 Å². The maximum absolute atomic E-state index is 12.5. The molecule has 1 saturated heterocycles. The highest BCUT2D eigenvalue weighted by molar-refractivity contribution is 5.94. The number of hydrogen-bond donors (Lipinski definition) is 2. The van der Waals surface area contributed by atoms with E-state index in [-0.39, 0.29) is 11.9 Å². The molecular weight excluding hydrogens is 376 g/mol. The fourth-order valence-electron chi connectivity index (χ4n) is 3.81. The smallest absolute Gasteiger partial charge is 0.251 e. The van der Waals surface area contributed by atoms with Gasteiger partial charge in [0.2, 0.25) is 0 Å². The Kier molecular flexibility index (Phi) is 6.02. The number of methoxy groups -OCH3 is 1. The summed E-state index contributed by atoms with van der Waals surface area (Å²) in [6.07, 6.45) is 2.79. The van der Waals surface area contributed by atoms with Crippen LogP contribution in [0, 0.1) is 0 Å². The highest BCUT2D eigenvalue weighted by Gasteiger charge is 2.23. The van der Waals surface area contributed by atoms with Gasteiger partial charge in [0.25, 0.3) is 5.91 Å². The molecule has 0 atom stereocenters. The molecule has 2 heterocycles. The summed E-state index contributed by atoms with van der Waals surface area (Å²) >= 11 is 0. The van der Waals surface area contributed by atoms with Gasteiger partial charge in [0.05, 0.1) is 12.8 Å². The molecule has 1 amide bonds. The summed E-state index contributed by atoms with van der Waals surface area (Å²) in [6.45, 7) is 3.85. The molecule has 0 aliphatic carbocycles. The van der Waals surface area contributed by atoms with Crippen LogP contribution in [-0.2, 0) is 6.42 Å². The predicted molar refractivity (Wildman–Crippen MR) is 119 cm³/mol. The zero-order valence-corrected chi connectivity index (χ0v) is 17.5.